The normalized spacial score (nSPS) is 15.1. The van der Waals surface area contributed by atoms with Gasteiger partial charge in [0.15, 0.2) is 0 Å². The van der Waals surface area contributed by atoms with Crippen LogP contribution in [0, 0.1) is 0 Å². The van der Waals surface area contributed by atoms with Crippen LogP contribution in [0.25, 0.3) is 0 Å². The fraction of sp³-hybridized carbons (Fsp3) is 0.345. The number of ether oxygens (including phenoxy) is 1. The lowest BCUT2D eigenvalue weighted by molar-refractivity contribution is -0.114. The first-order valence-corrected chi connectivity index (χ1v) is 12.3. The topological polar surface area (TPSA) is 106 Å². The molecule has 7 nitrogen and oxygen atoms in total. The van der Waals surface area contributed by atoms with Gasteiger partial charge in [0.2, 0.25) is 5.91 Å². The number of rotatable bonds is 6. The Morgan fingerprint density at radius 3 is 2.56 bits per heavy atom. The van der Waals surface area contributed by atoms with Crippen molar-refractivity contribution in [3.63, 3.8) is 0 Å². The molecular formula is C29H34N4O3. The molecule has 1 aliphatic carbocycles. The van der Waals surface area contributed by atoms with Crippen LogP contribution >= 0.6 is 0 Å². The van der Waals surface area contributed by atoms with Gasteiger partial charge >= 0.3 is 0 Å². The van der Waals surface area contributed by atoms with Gasteiger partial charge in [0.1, 0.15) is 17.3 Å². The quantitative estimate of drug-likeness (QED) is 0.461. The van der Waals surface area contributed by atoms with E-state index in [0.29, 0.717) is 29.4 Å². The first-order chi connectivity index (χ1) is 17.1. The third-order valence-corrected chi connectivity index (χ3v) is 6.37. The number of aryl methyl sites for hydroxylation is 1. The average Bonchev–Trinajstić information content (AvgIpc) is 2.82. The van der Waals surface area contributed by atoms with Crippen LogP contribution in [-0.4, -0.2) is 22.8 Å². The molecule has 36 heavy (non-hydrogen) atoms. The van der Waals surface area contributed by atoms with Gasteiger partial charge in [-0.1, -0.05) is 32.9 Å². The van der Waals surface area contributed by atoms with Gasteiger partial charge in [-0.2, -0.15) is 0 Å². The van der Waals surface area contributed by atoms with Gasteiger partial charge < -0.3 is 21.1 Å². The number of aromatic nitrogens is 1. The molecular weight excluding hydrogens is 452 g/mol. The van der Waals surface area contributed by atoms with E-state index in [0.717, 1.165) is 36.0 Å². The van der Waals surface area contributed by atoms with E-state index in [-0.39, 0.29) is 23.3 Å². The number of nitrogens with zero attached hydrogens (tertiary/aromatic N) is 1. The number of pyridine rings is 1. The second-order valence-electron chi connectivity index (χ2n) is 10.4. The standard InChI is InChI=1S/C29H34N4O3/c1-18(34)32-27-16-26(9-10-31-27)36-25-8-6-20-5-7-24(14-21(20)15-25)33-28(35)22-11-19(17-30)12-23(13-22)29(2,3)4/h6,8-13,15-16,24H,5,7,14,17,30H2,1-4H3,(H,33,35)(H,31,32,34). The van der Waals surface area contributed by atoms with Crippen LogP contribution < -0.4 is 21.1 Å². The van der Waals surface area contributed by atoms with Crippen LogP contribution in [0.3, 0.4) is 0 Å². The summed E-state index contributed by atoms with van der Waals surface area (Å²) in [4.78, 5) is 28.6. The molecule has 3 aromatic rings. The van der Waals surface area contributed by atoms with E-state index in [9.17, 15) is 9.59 Å². The van der Waals surface area contributed by atoms with Gasteiger partial charge in [0.25, 0.3) is 5.91 Å². The minimum atomic E-state index is -0.189. The molecule has 4 rings (SSSR count). The van der Waals surface area contributed by atoms with Crippen molar-refractivity contribution in [2.75, 3.05) is 5.32 Å². The largest absolute Gasteiger partial charge is 0.457 e. The third-order valence-electron chi connectivity index (χ3n) is 6.37. The van der Waals surface area contributed by atoms with Crippen LogP contribution in [0.2, 0.25) is 0 Å². The highest BCUT2D eigenvalue weighted by Crippen LogP contribution is 2.30. The summed E-state index contributed by atoms with van der Waals surface area (Å²) in [6, 6.07) is 15.5. The lowest BCUT2D eigenvalue weighted by atomic mass is 9.84. The summed E-state index contributed by atoms with van der Waals surface area (Å²) in [5.41, 5.74) is 11.0. The van der Waals surface area contributed by atoms with Crippen LogP contribution in [-0.2, 0) is 29.6 Å². The number of nitrogens with two attached hydrogens (primary N) is 1. The lowest BCUT2D eigenvalue weighted by Crippen LogP contribution is -2.39. The van der Waals surface area contributed by atoms with E-state index in [1.54, 1.807) is 18.3 Å². The van der Waals surface area contributed by atoms with Crippen molar-refractivity contribution in [1.29, 1.82) is 0 Å². The summed E-state index contributed by atoms with van der Waals surface area (Å²) < 4.78 is 6.03. The molecule has 1 heterocycles. The summed E-state index contributed by atoms with van der Waals surface area (Å²) in [5, 5.41) is 5.89. The van der Waals surface area contributed by atoms with Gasteiger partial charge in [-0.3, -0.25) is 9.59 Å². The summed E-state index contributed by atoms with van der Waals surface area (Å²) >= 11 is 0. The highest BCUT2D eigenvalue weighted by atomic mass is 16.5. The van der Waals surface area contributed by atoms with Crippen LogP contribution in [0.1, 0.15) is 66.7 Å². The SMILES string of the molecule is CC(=O)Nc1cc(Oc2ccc3c(c2)CC(NC(=O)c2cc(CN)cc(C(C)(C)C)c2)CC3)ccn1. The summed E-state index contributed by atoms with van der Waals surface area (Å²) in [6.45, 7) is 8.23. The Hall–Kier alpha value is -3.71. The van der Waals surface area contributed by atoms with Crippen molar-refractivity contribution >= 4 is 17.6 Å². The monoisotopic (exact) mass is 486 g/mol. The number of carbonyl (C=O) groups is 2. The molecule has 2 aromatic carbocycles. The van der Waals surface area contributed by atoms with E-state index < -0.39 is 0 Å². The zero-order chi connectivity index (χ0) is 25.9. The zero-order valence-corrected chi connectivity index (χ0v) is 21.4. The van der Waals surface area contributed by atoms with E-state index >= 15 is 0 Å². The lowest BCUT2D eigenvalue weighted by Gasteiger charge is -2.26. The molecule has 188 valence electrons. The first kappa shape index (κ1) is 25.4. The highest BCUT2D eigenvalue weighted by molar-refractivity contribution is 5.95. The molecule has 0 bridgehead atoms. The van der Waals surface area contributed by atoms with E-state index in [4.69, 9.17) is 10.5 Å². The smallest absolute Gasteiger partial charge is 0.251 e. The molecule has 0 fully saturated rings. The van der Waals surface area contributed by atoms with Crippen molar-refractivity contribution in [2.24, 2.45) is 5.73 Å². The van der Waals surface area contributed by atoms with Crippen molar-refractivity contribution in [2.45, 2.75) is 65.0 Å². The molecule has 1 aliphatic rings. The Labute approximate surface area is 212 Å². The molecule has 1 atom stereocenters. The molecule has 0 radical (unpaired) electrons. The second-order valence-corrected chi connectivity index (χ2v) is 10.4. The fourth-order valence-corrected chi connectivity index (χ4v) is 4.42. The molecule has 4 N–H and O–H groups in total. The van der Waals surface area contributed by atoms with Crippen molar-refractivity contribution in [3.8, 4) is 11.5 Å². The number of benzene rings is 2. The third kappa shape index (κ3) is 6.29. The predicted molar refractivity (Wildman–Crippen MR) is 141 cm³/mol. The Balaban J connectivity index is 1.46. The average molecular weight is 487 g/mol. The summed E-state index contributed by atoms with van der Waals surface area (Å²) in [7, 11) is 0. The molecule has 2 amide bonds. The Bertz CT molecular complexity index is 1280. The zero-order valence-electron chi connectivity index (χ0n) is 21.4. The molecule has 1 aromatic heterocycles. The van der Waals surface area contributed by atoms with E-state index in [1.807, 2.05) is 24.3 Å². The second kappa shape index (κ2) is 10.5. The van der Waals surface area contributed by atoms with Gasteiger partial charge in [0.05, 0.1) is 0 Å². The highest BCUT2D eigenvalue weighted by Gasteiger charge is 2.23. The maximum absolute atomic E-state index is 13.2. The van der Waals surface area contributed by atoms with E-state index in [1.165, 1.54) is 12.5 Å². The number of hydrogen-bond acceptors (Lipinski definition) is 5. The number of fused-ring (bicyclic) bond motifs is 1. The van der Waals surface area contributed by atoms with Gasteiger partial charge in [0, 0.05) is 37.3 Å². The van der Waals surface area contributed by atoms with E-state index in [2.05, 4.69) is 48.5 Å². The molecule has 0 saturated heterocycles. The number of hydrogen-bond donors (Lipinski definition) is 3. The number of anilines is 1. The van der Waals surface area contributed by atoms with Crippen LogP contribution in [0.5, 0.6) is 11.5 Å². The summed E-state index contributed by atoms with van der Waals surface area (Å²) in [6.07, 6.45) is 4.09. The van der Waals surface area contributed by atoms with Crippen molar-refractivity contribution in [1.82, 2.24) is 10.3 Å². The fourth-order valence-electron chi connectivity index (χ4n) is 4.42. The Kier molecular flexibility index (Phi) is 7.40. The predicted octanol–water partition coefficient (Wildman–Crippen LogP) is 4.88. The first-order valence-electron chi connectivity index (χ1n) is 12.3. The minimum absolute atomic E-state index is 0.0344. The molecule has 0 spiro atoms. The number of amides is 2. The molecule has 0 aliphatic heterocycles. The Morgan fingerprint density at radius 1 is 1.06 bits per heavy atom. The minimum Gasteiger partial charge on any atom is -0.457 e. The van der Waals surface area contributed by atoms with Gasteiger partial charge in [-0.15, -0.1) is 0 Å². The van der Waals surface area contributed by atoms with Crippen molar-refractivity contribution in [3.05, 3.63) is 82.5 Å². The molecule has 0 saturated carbocycles. The molecule has 7 heteroatoms. The maximum atomic E-state index is 13.2. The Morgan fingerprint density at radius 2 is 1.83 bits per heavy atom. The number of carbonyl (C=O) groups excluding carboxylic acids is 2. The van der Waals surface area contributed by atoms with Gasteiger partial charge in [-0.05, 0) is 77.3 Å². The molecule has 1 unspecified atom stereocenters. The van der Waals surface area contributed by atoms with Crippen LogP contribution in [0.15, 0.2) is 54.7 Å². The van der Waals surface area contributed by atoms with Crippen molar-refractivity contribution < 1.29 is 14.3 Å². The number of nitrogens with one attached hydrogen (secondary N) is 2. The summed E-state index contributed by atoms with van der Waals surface area (Å²) in [5.74, 6) is 1.47. The maximum Gasteiger partial charge on any atom is 0.251 e. The van der Waals surface area contributed by atoms with Crippen LogP contribution in [0.4, 0.5) is 5.82 Å². The van der Waals surface area contributed by atoms with Gasteiger partial charge in [-0.25, -0.2) is 4.98 Å².